The van der Waals surface area contributed by atoms with Gasteiger partial charge in [-0.05, 0) is 24.3 Å². The molecule has 0 atom stereocenters. The third kappa shape index (κ3) is 2.50. The van der Waals surface area contributed by atoms with Crippen molar-refractivity contribution in [3.8, 4) is 11.4 Å². The molecule has 0 saturated carbocycles. The molecule has 0 fully saturated rings. The van der Waals surface area contributed by atoms with Gasteiger partial charge in [0.2, 0.25) is 0 Å². The first-order valence-electron chi connectivity index (χ1n) is 7.11. The summed E-state index contributed by atoms with van der Waals surface area (Å²) >= 11 is 0. The Morgan fingerprint density at radius 2 is 2.04 bits per heavy atom. The van der Waals surface area contributed by atoms with Crippen LogP contribution in [0.2, 0.25) is 0 Å². The van der Waals surface area contributed by atoms with Gasteiger partial charge in [0, 0.05) is 18.0 Å². The summed E-state index contributed by atoms with van der Waals surface area (Å²) in [5.74, 6) is -0.437. The number of rotatable bonds is 3. The Bertz CT molecular complexity index is 1020. The van der Waals surface area contributed by atoms with Crippen molar-refractivity contribution in [2.75, 3.05) is 5.32 Å². The van der Waals surface area contributed by atoms with Crippen molar-refractivity contribution in [1.82, 2.24) is 24.6 Å². The van der Waals surface area contributed by atoms with Crippen LogP contribution < -0.4 is 5.32 Å². The van der Waals surface area contributed by atoms with Crippen LogP contribution >= 0.6 is 0 Å². The monoisotopic (exact) mass is 322 g/mol. The summed E-state index contributed by atoms with van der Waals surface area (Å²) in [4.78, 5) is 20.6. The number of hydrogen-bond acceptors (Lipinski definition) is 4. The van der Waals surface area contributed by atoms with Crippen molar-refractivity contribution in [2.24, 2.45) is 0 Å². The average molecular weight is 322 g/mol. The van der Waals surface area contributed by atoms with Crippen LogP contribution in [0.25, 0.3) is 17.0 Å². The molecule has 8 heteroatoms. The van der Waals surface area contributed by atoms with E-state index in [1.54, 1.807) is 35.0 Å². The first-order valence-corrected chi connectivity index (χ1v) is 7.11. The molecule has 0 aliphatic rings. The number of carbonyl (C=O) groups excluding carboxylic acids is 1. The molecule has 24 heavy (non-hydrogen) atoms. The van der Waals surface area contributed by atoms with Crippen molar-refractivity contribution in [2.45, 2.75) is 0 Å². The number of nitrogens with zero attached hydrogens (tertiary/aromatic N) is 4. The fourth-order valence-corrected chi connectivity index (χ4v) is 2.33. The third-order valence-electron chi connectivity index (χ3n) is 3.48. The minimum atomic E-state index is -0.499. The maximum absolute atomic E-state index is 13.6. The Labute approximate surface area is 135 Å². The lowest BCUT2D eigenvalue weighted by molar-refractivity contribution is 0.102. The smallest absolute Gasteiger partial charge is 0.275 e. The molecule has 4 rings (SSSR count). The SMILES string of the molecule is O=C(Nc1ccccc1F)c1cn2cc(-c3nc[nH]n3)ccc2n1. The molecule has 7 nitrogen and oxygen atoms in total. The summed E-state index contributed by atoms with van der Waals surface area (Å²) in [5, 5.41) is 9.17. The molecule has 2 N–H and O–H groups in total. The van der Waals surface area contributed by atoms with Crippen molar-refractivity contribution >= 4 is 17.2 Å². The molecule has 4 aromatic rings. The Balaban J connectivity index is 1.65. The van der Waals surface area contributed by atoms with E-state index in [-0.39, 0.29) is 11.4 Å². The second kappa shape index (κ2) is 5.58. The minimum absolute atomic E-state index is 0.112. The summed E-state index contributed by atoms with van der Waals surface area (Å²) in [7, 11) is 0. The van der Waals surface area contributed by atoms with Gasteiger partial charge in [-0.2, -0.15) is 5.10 Å². The molecule has 1 amide bonds. The third-order valence-corrected chi connectivity index (χ3v) is 3.48. The highest BCUT2D eigenvalue weighted by molar-refractivity contribution is 6.03. The second-order valence-corrected chi connectivity index (χ2v) is 5.07. The van der Waals surface area contributed by atoms with Gasteiger partial charge in [-0.25, -0.2) is 14.4 Å². The van der Waals surface area contributed by atoms with E-state index in [9.17, 15) is 9.18 Å². The Hall–Kier alpha value is -3.55. The zero-order valence-corrected chi connectivity index (χ0v) is 12.3. The molecule has 0 saturated heterocycles. The van der Waals surface area contributed by atoms with E-state index in [4.69, 9.17) is 0 Å². The Morgan fingerprint density at radius 1 is 1.17 bits per heavy atom. The average Bonchev–Trinajstić information content (AvgIpc) is 3.25. The van der Waals surface area contributed by atoms with Crippen LogP contribution in [-0.2, 0) is 0 Å². The van der Waals surface area contributed by atoms with Crippen molar-refractivity contribution in [3.05, 3.63) is 66.6 Å². The van der Waals surface area contributed by atoms with Gasteiger partial charge in [-0.15, -0.1) is 0 Å². The molecule has 0 aliphatic carbocycles. The predicted molar refractivity (Wildman–Crippen MR) is 84.9 cm³/mol. The van der Waals surface area contributed by atoms with Crippen LogP contribution in [0.1, 0.15) is 10.5 Å². The van der Waals surface area contributed by atoms with Gasteiger partial charge in [0.25, 0.3) is 5.91 Å². The largest absolute Gasteiger partial charge is 0.318 e. The molecule has 3 aromatic heterocycles. The molecule has 0 spiro atoms. The van der Waals surface area contributed by atoms with Gasteiger partial charge in [-0.3, -0.25) is 9.89 Å². The molecule has 0 bridgehead atoms. The number of aromatic amines is 1. The van der Waals surface area contributed by atoms with E-state index in [0.717, 1.165) is 5.56 Å². The topological polar surface area (TPSA) is 88.0 Å². The number of benzene rings is 1. The van der Waals surface area contributed by atoms with Crippen LogP contribution in [0, 0.1) is 5.82 Å². The van der Waals surface area contributed by atoms with Gasteiger partial charge >= 0.3 is 0 Å². The summed E-state index contributed by atoms with van der Waals surface area (Å²) in [5.41, 5.74) is 1.67. The highest BCUT2D eigenvalue weighted by Crippen LogP contribution is 2.17. The Kier molecular flexibility index (Phi) is 3.27. The molecule has 118 valence electrons. The van der Waals surface area contributed by atoms with Crippen LogP contribution in [0.3, 0.4) is 0 Å². The second-order valence-electron chi connectivity index (χ2n) is 5.07. The standard InChI is InChI=1S/C16H11FN6O/c17-11-3-1-2-4-12(11)21-16(24)13-8-23-7-10(5-6-14(23)20-13)15-18-9-19-22-15/h1-9H,(H,21,24)(H,18,19,22). The minimum Gasteiger partial charge on any atom is -0.318 e. The van der Waals surface area contributed by atoms with E-state index in [2.05, 4.69) is 25.5 Å². The number of anilines is 1. The van der Waals surface area contributed by atoms with E-state index in [1.807, 2.05) is 6.07 Å². The van der Waals surface area contributed by atoms with Gasteiger partial charge in [-0.1, -0.05) is 12.1 Å². The number of halogens is 1. The van der Waals surface area contributed by atoms with E-state index in [1.165, 1.54) is 18.5 Å². The first kappa shape index (κ1) is 14.1. The molecular formula is C16H11FN6O. The van der Waals surface area contributed by atoms with Crippen molar-refractivity contribution < 1.29 is 9.18 Å². The normalized spacial score (nSPS) is 10.9. The number of aromatic nitrogens is 5. The van der Waals surface area contributed by atoms with Gasteiger partial charge in [0.05, 0.1) is 5.69 Å². The quantitative estimate of drug-likeness (QED) is 0.606. The highest BCUT2D eigenvalue weighted by Gasteiger charge is 2.13. The lowest BCUT2D eigenvalue weighted by Gasteiger charge is -2.03. The molecular weight excluding hydrogens is 311 g/mol. The molecule has 1 aromatic carbocycles. The number of amides is 1. The van der Waals surface area contributed by atoms with Gasteiger partial charge in [0.15, 0.2) is 5.82 Å². The fourth-order valence-electron chi connectivity index (χ4n) is 2.33. The zero-order valence-electron chi connectivity index (χ0n) is 12.3. The number of pyridine rings is 1. The first-order chi connectivity index (χ1) is 11.7. The van der Waals surface area contributed by atoms with E-state index >= 15 is 0 Å². The maximum Gasteiger partial charge on any atom is 0.275 e. The summed E-state index contributed by atoms with van der Waals surface area (Å²) in [6.07, 6.45) is 4.83. The lowest BCUT2D eigenvalue weighted by atomic mass is 10.3. The fraction of sp³-hybridized carbons (Fsp3) is 0. The summed E-state index contributed by atoms with van der Waals surface area (Å²) in [6.45, 7) is 0. The number of fused-ring (bicyclic) bond motifs is 1. The van der Waals surface area contributed by atoms with Crippen LogP contribution in [0.5, 0.6) is 0 Å². The van der Waals surface area contributed by atoms with Crippen LogP contribution in [0.15, 0.2) is 55.1 Å². The van der Waals surface area contributed by atoms with Gasteiger partial charge in [0.1, 0.15) is 23.5 Å². The number of para-hydroxylation sites is 1. The number of carbonyl (C=O) groups is 1. The summed E-state index contributed by atoms with van der Waals surface area (Å²) < 4.78 is 15.3. The number of imidazole rings is 1. The molecule has 0 unspecified atom stereocenters. The number of nitrogens with one attached hydrogen (secondary N) is 2. The Morgan fingerprint density at radius 3 is 2.83 bits per heavy atom. The van der Waals surface area contributed by atoms with Crippen LogP contribution in [0.4, 0.5) is 10.1 Å². The molecule has 3 heterocycles. The highest BCUT2D eigenvalue weighted by atomic mass is 19.1. The number of H-pyrrole nitrogens is 1. The maximum atomic E-state index is 13.6. The van der Waals surface area contributed by atoms with Crippen molar-refractivity contribution in [3.63, 3.8) is 0 Å². The predicted octanol–water partition coefficient (Wildman–Crippen LogP) is 2.51. The summed E-state index contributed by atoms with van der Waals surface area (Å²) in [6, 6.07) is 9.54. The van der Waals surface area contributed by atoms with Gasteiger partial charge < -0.3 is 9.72 Å². The van der Waals surface area contributed by atoms with Crippen molar-refractivity contribution in [1.29, 1.82) is 0 Å². The molecule has 0 aliphatic heterocycles. The van der Waals surface area contributed by atoms with E-state index in [0.29, 0.717) is 11.5 Å². The lowest BCUT2D eigenvalue weighted by Crippen LogP contribution is -2.13. The zero-order chi connectivity index (χ0) is 16.5. The number of hydrogen-bond donors (Lipinski definition) is 2. The van der Waals surface area contributed by atoms with Crippen LogP contribution in [-0.4, -0.2) is 30.5 Å². The van der Waals surface area contributed by atoms with E-state index < -0.39 is 11.7 Å². The molecule has 0 radical (unpaired) electrons.